The van der Waals surface area contributed by atoms with E-state index in [2.05, 4.69) is 9.97 Å². The van der Waals surface area contributed by atoms with Crippen LogP contribution in [0.2, 0.25) is 0 Å². The first-order valence-corrected chi connectivity index (χ1v) is 5.10. The summed E-state index contributed by atoms with van der Waals surface area (Å²) in [4.78, 5) is 8.36. The van der Waals surface area contributed by atoms with Gasteiger partial charge in [0.2, 0.25) is 0 Å². The van der Waals surface area contributed by atoms with Gasteiger partial charge < -0.3 is 16.3 Å². The predicted molar refractivity (Wildman–Crippen MR) is 62.2 cm³/mol. The highest BCUT2D eigenvalue weighted by Gasteiger charge is 2.14. The van der Waals surface area contributed by atoms with E-state index in [1.807, 2.05) is 13.8 Å². The second-order valence-electron chi connectivity index (χ2n) is 3.55. The quantitative estimate of drug-likeness (QED) is 0.739. The van der Waals surface area contributed by atoms with Crippen molar-refractivity contribution in [2.24, 2.45) is 0 Å². The van der Waals surface area contributed by atoms with Crippen LogP contribution >= 0.6 is 0 Å². The lowest BCUT2D eigenvalue weighted by Gasteiger charge is -2.09. The van der Waals surface area contributed by atoms with Gasteiger partial charge in [-0.05, 0) is 13.8 Å². The molecule has 0 aliphatic carbocycles. The van der Waals surface area contributed by atoms with Crippen molar-refractivity contribution >= 4 is 16.9 Å². The van der Waals surface area contributed by atoms with Crippen molar-refractivity contribution in [3.63, 3.8) is 0 Å². The number of anilines is 1. The zero-order chi connectivity index (χ0) is 11.7. The van der Waals surface area contributed by atoms with E-state index < -0.39 is 0 Å². The molecule has 0 aliphatic rings. The van der Waals surface area contributed by atoms with Gasteiger partial charge in [-0.3, -0.25) is 0 Å². The summed E-state index contributed by atoms with van der Waals surface area (Å²) in [7, 11) is 0. The molecule has 0 unspecified atom stereocenters. The number of pyridine rings is 1. The van der Waals surface area contributed by atoms with Crippen molar-refractivity contribution in [1.29, 1.82) is 0 Å². The minimum atomic E-state index is 0.400. The van der Waals surface area contributed by atoms with Gasteiger partial charge in [0, 0.05) is 17.9 Å². The summed E-state index contributed by atoms with van der Waals surface area (Å²) in [5.74, 6) is 6.20. The molecule has 0 fully saturated rings. The van der Waals surface area contributed by atoms with Crippen LogP contribution in [0.3, 0.4) is 0 Å². The SMILES string of the molecule is CCOCc1c(C)nc(N)c2ncn(N)c12. The van der Waals surface area contributed by atoms with Crippen molar-refractivity contribution in [2.75, 3.05) is 18.2 Å². The minimum absolute atomic E-state index is 0.400. The Labute approximate surface area is 93.2 Å². The lowest BCUT2D eigenvalue weighted by atomic mass is 10.2. The number of fused-ring (bicyclic) bond motifs is 1. The molecule has 0 spiro atoms. The Morgan fingerprint density at radius 3 is 2.94 bits per heavy atom. The van der Waals surface area contributed by atoms with Crippen molar-refractivity contribution in [2.45, 2.75) is 20.5 Å². The summed E-state index contributed by atoms with van der Waals surface area (Å²) in [5.41, 5.74) is 8.96. The van der Waals surface area contributed by atoms with Gasteiger partial charge in [-0.1, -0.05) is 0 Å². The van der Waals surface area contributed by atoms with Crippen LogP contribution in [-0.4, -0.2) is 21.3 Å². The largest absolute Gasteiger partial charge is 0.382 e. The Kier molecular flexibility index (Phi) is 2.66. The Bertz CT molecular complexity index is 519. The Morgan fingerprint density at radius 1 is 1.50 bits per heavy atom. The highest BCUT2D eigenvalue weighted by atomic mass is 16.5. The second-order valence-corrected chi connectivity index (χ2v) is 3.55. The van der Waals surface area contributed by atoms with Gasteiger partial charge in [0.05, 0.1) is 6.61 Å². The van der Waals surface area contributed by atoms with Crippen molar-refractivity contribution in [1.82, 2.24) is 14.6 Å². The molecule has 2 heterocycles. The molecule has 6 nitrogen and oxygen atoms in total. The van der Waals surface area contributed by atoms with Crippen molar-refractivity contribution in [3.05, 3.63) is 17.6 Å². The highest BCUT2D eigenvalue weighted by molar-refractivity contribution is 5.88. The fourth-order valence-corrected chi connectivity index (χ4v) is 1.70. The maximum Gasteiger partial charge on any atom is 0.151 e. The van der Waals surface area contributed by atoms with Crippen LogP contribution in [0.25, 0.3) is 11.0 Å². The molecule has 0 bridgehead atoms. The predicted octanol–water partition coefficient (Wildman–Crippen LogP) is 0.572. The van der Waals surface area contributed by atoms with Gasteiger partial charge >= 0.3 is 0 Å². The number of imidazole rings is 1. The summed E-state index contributed by atoms with van der Waals surface area (Å²) in [6.45, 7) is 4.94. The van der Waals surface area contributed by atoms with Crippen LogP contribution < -0.4 is 11.6 Å². The minimum Gasteiger partial charge on any atom is -0.382 e. The highest BCUT2D eigenvalue weighted by Crippen LogP contribution is 2.23. The van der Waals surface area contributed by atoms with Crippen LogP contribution in [-0.2, 0) is 11.3 Å². The molecular formula is C10H15N5O. The molecule has 0 aliphatic heterocycles. The number of rotatable bonds is 3. The summed E-state index contributed by atoms with van der Waals surface area (Å²) in [6.07, 6.45) is 1.53. The lowest BCUT2D eigenvalue weighted by Crippen LogP contribution is -2.10. The Morgan fingerprint density at radius 2 is 2.25 bits per heavy atom. The number of nitrogens with two attached hydrogens (primary N) is 2. The first-order chi connectivity index (χ1) is 7.65. The molecule has 0 aromatic carbocycles. The fraction of sp³-hybridized carbons (Fsp3) is 0.400. The maximum atomic E-state index is 5.80. The summed E-state index contributed by atoms with van der Waals surface area (Å²) < 4.78 is 6.85. The number of ether oxygens (including phenoxy) is 1. The maximum absolute atomic E-state index is 5.80. The molecule has 86 valence electrons. The molecule has 4 N–H and O–H groups in total. The summed E-state index contributed by atoms with van der Waals surface area (Å²) in [6, 6.07) is 0. The number of nitrogens with zero attached hydrogens (tertiary/aromatic N) is 3. The fourth-order valence-electron chi connectivity index (χ4n) is 1.70. The lowest BCUT2D eigenvalue weighted by molar-refractivity contribution is 0.134. The number of hydrogen-bond donors (Lipinski definition) is 2. The van der Waals surface area contributed by atoms with E-state index in [9.17, 15) is 0 Å². The van der Waals surface area contributed by atoms with Crippen molar-refractivity contribution in [3.8, 4) is 0 Å². The van der Waals surface area contributed by atoms with E-state index >= 15 is 0 Å². The van der Waals surface area contributed by atoms with Gasteiger partial charge in [-0.25, -0.2) is 14.6 Å². The van der Waals surface area contributed by atoms with Crippen LogP contribution in [0.4, 0.5) is 5.82 Å². The molecule has 0 saturated carbocycles. The standard InChI is InChI=1S/C10H15N5O/c1-3-16-4-7-6(2)14-10(11)8-9(7)15(12)5-13-8/h5H,3-4,12H2,1-2H3,(H2,11,14). The molecular weight excluding hydrogens is 206 g/mol. The van der Waals surface area contributed by atoms with Gasteiger partial charge in [0.25, 0.3) is 0 Å². The van der Waals surface area contributed by atoms with E-state index in [0.717, 1.165) is 16.8 Å². The van der Waals surface area contributed by atoms with Crippen molar-refractivity contribution < 1.29 is 4.74 Å². The van der Waals surface area contributed by atoms with E-state index in [-0.39, 0.29) is 0 Å². The molecule has 0 saturated heterocycles. The average Bonchev–Trinajstić information content (AvgIpc) is 2.61. The number of nitrogen functional groups attached to an aromatic ring is 2. The summed E-state index contributed by atoms with van der Waals surface area (Å²) in [5, 5.41) is 0. The van der Waals surface area contributed by atoms with Gasteiger partial charge in [-0.2, -0.15) is 0 Å². The van der Waals surface area contributed by atoms with E-state index in [0.29, 0.717) is 24.5 Å². The van der Waals surface area contributed by atoms with Crippen LogP contribution in [0.1, 0.15) is 18.2 Å². The van der Waals surface area contributed by atoms with Crippen LogP contribution in [0.15, 0.2) is 6.33 Å². The van der Waals surface area contributed by atoms with Crippen LogP contribution in [0.5, 0.6) is 0 Å². The van der Waals surface area contributed by atoms with Crippen LogP contribution in [0, 0.1) is 6.92 Å². The molecule has 16 heavy (non-hydrogen) atoms. The molecule has 6 heteroatoms. The molecule has 0 atom stereocenters. The third-order valence-corrected chi connectivity index (χ3v) is 2.50. The van der Waals surface area contributed by atoms with E-state index in [4.69, 9.17) is 16.3 Å². The number of aryl methyl sites for hydroxylation is 1. The average molecular weight is 221 g/mol. The zero-order valence-electron chi connectivity index (χ0n) is 9.40. The third-order valence-electron chi connectivity index (χ3n) is 2.50. The van der Waals surface area contributed by atoms with Gasteiger partial charge in [0.1, 0.15) is 17.4 Å². The first-order valence-electron chi connectivity index (χ1n) is 5.10. The first kappa shape index (κ1) is 10.7. The number of hydrogen-bond acceptors (Lipinski definition) is 5. The van der Waals surface area contributed by atoms with Gasteiger partial charge in [-0.15, -0.1) is 0 Å². The van der Waals surface area contributed by atoms with E-state index in [1.54, 1.807) is 0 Å². The normalized spacial score (nSPS) is 11.1. The topological polar surface area (TPSA) is 92.0 Å². The zero-order valence-corrected chi connectivity index (χ0v) is 9.40. The molecule has 2 aromatic rings. The third kappa shape index (κ3) is 1.57. The molecule has 2 rings (SSSR count). The molecule has 0 radical (unpaired) electrons. The smallest absolute Gasteiger partial charge is 0.151 e. The summed E-state index contributed by atoms with van der Waals surface area (Å²) >= 11 is 0. The molecule has 0 amide bonds. The number of aromatic nitrogens is 3. The van der Waals surface area contributed by atoms with E-state index in [1.165, 1.54) is 11.0 Å². The second kappa shape index (κ2) is 3.97. The Hall–Kier alpha value is -1.82. The monoisotopic (exact) mass is 221 g/mol. The molecule has 2 aromatic heterocycles. The van der Waals surface area contributed by atoms with Gasteiger partial charge in [0.15, 0.2) is 5.82 Å². The Balaban J connectivity index is 2.65.